The van der Waals surface area contributed by atoms with Crippen molar-refractivity contribution < 1.29 is 9.18 Å². The van der Waals surface area contributed by atoms with Crippen molar-refractivity contribution in [1.82, 2.24) is 19.3 Å². The van der Waals surface area contributed by atoms with Crippen LogP contribution < -0.4 is 16.4 Å². The minimum Gasteiger partial charge on any atom is -0.329 e. The maximum atomic E-state index is 13.9. The van der Waals surface area contributed by atoms with E-state index in [4.69, 9.17) is 0 Å². The summed E-state index contributed by atoms with van der Waals surface area (Å²) >= 11 is 1.28. The van der Waals surface area contributed by atoms with Crippen molar-refractivity contribution in [2.45, 2.75) is 10.1 Å². The van der Waals surface area contributed by atoms with Crippen molar-refractivity contribution in [3.63, 3.8) is 0 Å². The quantitative estimate of drug-likeness (QED) is 0.500. The first-order valence-electron chi connectivity index (χ1n) is 9.09. The number of rotatable bonds is 5. The molecule has 4 rings (SSSR count). The number of nitrogens with zero attached hydrogens (tertiary/aromatic N) is 3. The average molecular weight is 437 g/mol. The van der Waals surface area contributed by atoms with Gasteiger partial charge in [0.1, 0.15) is 5.82 Å². The van der Waals surface area contributed by atoms with Crippen molar-refractivity contribution in [1.29, 1.82) is 0 Å². The number of aromatic amines is 1. The minimum atomic E-state index is -0.500. The van der Waals surface area contributed by atoms with Gasteiger partial charge in [-0.15, -0.1) is 0 Å². The first-order chi connectivity index (χ1) is 14.9. The molecule has 0 saturated carbocycles. The normalized spacial score (nSPS) is 10.8. The number of benzene rings is 2. The lowest BCUT2D eigenvalue weighted by atomic mass is 10.2. The van der Waals surface area contributed by atoms with Crippen molar-refractivity contribution in [3.8, 4) is 5.69 Å². The van der Waals surface area contributed by atoms with Crippen LogP contribution >= 0.6 is 11.8 Å². The summed E-state index contributed by atoms with van der Waals surface area (Å²) in [5.74, 6) is -0.998. The summed E-state index contributed by atoms with van der Waals surface area (Å²) in [6, 6.07) is 12.5. The second kappa shape index (κ2) is 8.44. The van der Waals surface area contributed by atoms with Crippen LogP contribution in [0.3, 0.4) is 0 Å². The molecule has 2 aromatic carbocycles. The summed E-state index contributed by atoms with van der Waals surface area (Å²) < 4.78 is 16.7. The molecule has 0 bridgehead atoms. The number of carbonyl (C=O) groups is 1. The Labute approximate surface area is 179 Å². The van der Waals surface area contributed by atoms with Crippen LogP contribution in [0.2, 0.25) is 0 Å². The summed E-state index contributed by atoms with van der Waals surface area (Å²) in [5, 5.41) is 5.79. The van der Waals surface area contributed by atoms with Gasteiger partial charge in [-0.2, -0.15) is 0 Å². The van der Waals surface area contributed by atoms with E-state index in [1.54, 1.807) is 36.7 Å². The molecule has 156 valence electrons. The summed E-state index contributed by atoms with van der Waals surface area (Å²) in [5.41, 5.74) is -0.0709. The fourth-order valence-corrected chi connectivity index (χ4v) is 3.71. The number of hydrogen-bond acceptors (Lipinski definition) is 5. The third-order valence-corrected chi connectivity index (χ3v) is 5.51. The standard InChI is InChI=1S/C21H16FN5O3S/c1-26-10-9-23-21(26)31-17-6-5-14(22)12-16(17)24-20(30)13-3-2-4-15(11-13)27-19(29)8-7-18(28)25-27/h2-12H,1H3,(H,24,30)(H,25,28). The number of aromatic nitrogens is 4. The molecular formula is C21H16FN5O3S. The first-order valence-corrected chi connectivity index (χ1v) is 9.91. The largest absolute Gasteiger partial charge is 0.329 e. The van der Waals surface area contributed by atoms with Gasteiger partial charge in [0, 0.05) is 42.0 Å². The number of nitrogens with one attached hydrogen (secondary N) is 2. The Kier molecular flexibility index (Phi) is 5.54. The van der Waals surface area contributed by atoms with E-state index in [0.717, 1.165) is 16.8 Å². The van der Waals surface area contributed by atoms with Crippen molar-refractivity contribution in [2.24, 2.45) is 7.05 Å². The van der Waals surface area contributed by atoms with Gasteiger partial charge >= 0.3 is 0 Å². The zero-order chi connectivity index (χ0) is 22.0. The molecule has 2 N–H and O–H groups in total. The molecule has 0 atom stereocenters. The van der Waals surface area contributed by atoms with Gasteiger partial charge in [0.15, 0.2) is 5.16 Å². The number of amides is 1. The second-order valence-corrected chi connectivity index (χ2v) is 7.56. The van der Waals surface area contributed by atoms with Crippen LogP contribution in [-0.4, -0.2) is 25.2 Å². The lowest BCUT2D eigenvalue weighted by Gasteiger charge is -2.12. The molecule has 0 aliphatic rings. The van der Waals surface area contributed by atoms with E-state index in [9.17, 15) is 18.8 Å². The molecule has 0 saturated heterocycles. The number of H-pyrrole nitrogens is 1. The first kappa shape index (κ1) is 20.4. The van der Waals surface area contributed by atoms with E-state index in [0.29, 0.717) is 15.7 Å². The summed E-state index contributed by atoms with van der Waals surface area (Å²) in [6.45, 7) is 0. The molecule has 31 heavy (non-hydrogen) atoms. The van der Waals surface area contributed by atoms with Gasteiger partial charge in [0.05, 0.1) is 11.4 Å². The Morgan fingerprint density at radius 1 is 1.13 bits per heavy atom. The predicted octanol–water partition coefficient (Wildman–Crippen LogP) is 2.80. The Hall–Kier alpha value is -3.92. The molecule has 0 radical (unpaired) electrons. The summed E-state index contributed by atoms with van der Waals surface area (Å²) in [6.07, 6.45) is 3.43. The highest BCUT2D eigenvalue weighted by atomic mass is 32.2. The highest BCUT2D eigenvalue weighted by Crippen LogP contribution is 2.33. The van der Waals surface area contributed by atoms with E-state index >= 15 is 0 Å². The van der Waals surface area contributed by atoms with Crippen LogP contribution in [0.25, 0.3) is 5.69 Å². The van der Waals surface area contributed by atoms with Crippen molar-refractivity contribution in [3.05, 3.63) is 99.1 Å². The molecule has 2 heterocycles. The topological polar surface area (TPSA) is 102 Å². The Bertz CT molecular complexity index is 1390. The van der Waals surface area contributed by atoms with E-state index in [2.05, 4.69) is 15.4 Å². The smallest absolute Gasteiger partial charge is 0.269 e. The maximum Gasteiger partial charge on any atom is 0.269 e. The molecule has 4 aromatic rings. The fourth-order valence-electron chi connectivity index (χ4n) is 2.83. The Morgan fingerprint density at radius 3 is 2.74 bits per heavy atom. The third kappa shape index (κ3) is 4.48. The number of halogens is 1. The molecule has 0 unspecified atom stereocenters. The van der Waals surface area contributed by atoms with E-state index in [-0.39, 0.29) is 11.3 Å². The van der Waals surface area contributed by atoms with Crippen LogP contribution in [0, 0.1) is 5.82 Å². The van der Waals surface area contributed by atoms with Gasteiger partial charge < -0.3 is 9.88 Å². The highest BCUT2D eigenvalue weighted by molar-refractivity contribution is 7.99. The number of aryl methyl sites for hydroxylation is 1. The lowest BCUT2D eigenvalue weighted by Crippen LogP contribution is -2.26. The van der Waals surface area contributed by atoms with Crippen molar-refractivity contribution >= 4 is 23.4 Å². The molecule has 8 nitrogen and oxygen atoms in total. The van der Waals surface area contributed by atoms with Crippen LogP contribution in [0.15, 0.2) is 86.6 Å². The van der Waals surface area contributed by atoms with Gasteiger partial charge in [-0.3, -0.25) is 19.5 Å². The fraction of sp³-hybridized carbons (Fsp3) is 0.0476. The molecule has 10 heteroatoms. The van der Waals surface area contributed by atoms with Gasteiger partial charge in [-0.1, -0.05) is 6.07 Å². The van der Waals surface area contributed by atoms with Crippen molar-refractivity contribution in [2.75, 3.05) is 5.32 Å². The van der Waals surface area contributed by atoms with Crippen LogP contribution in [0.4, 0.5) is 10.1 Å². The summed E-state index contributed by atoms with van der Waals surface area (Å²) in [7, 11) is 1.83. The maximum absolute atomic E-state index is 13.9. The molecule has 0 aliphatic carbocycles. The summed E-state index contributed by atoms with van der Waals surface area (Å²) in [4.78, 5) is 41.3. The van der Waals surface area contributed by atoms with Gasteiger partial charge in [0.2, 0.25) is 0 Å². The number of anilines is 1. The zero-order valence-electron chi connectivity index (χ0n) is 16.2. The Balaban J connectivity index is 1.64. The molecule has 2 aromatic heterocycles. The van der Waals surface area contributed by atoms with Gasteiger partial charge in [-0.25, -0.2) is 14.1 Å². The van der Waals surface area contributed by atoms with Gasteiger partial charge in [0.25, 0.3) is 17.0 Å². The lowest BCUT2D eigenvalue weighted by molar-refractivity contribution is 0.102. The highest BCUT2D eigenvalue weighted by Gasteiger charge is 2.14. The van der Waals surface area contributed by atoms with E-state index < -0.39 is 22.8 Å². The third-order valence-electron chi connectivity index (χ3n) is 4.35. The molecule has 0 fully saturated rings. The Morgan fingerprint density at radius 2 is 1.97 bits per heavy atom. The number of hydrogen-bond donors (Lipinski definition) is 2. The molecular weight excluding hydrogens is 421 g/mol. The zero-order valence-corrected chi connectivity index (χ0v) is 17.0. The minimum absolute atomic E-state index is 0.228. The number of carbonyl (C=O) groups excluding carboxylic acids is 1. The monoisotopic (exact) mass is 437 g/mol. The average Bonchev–Trinajstić information content (AvgIpc) is 3.16. The molecule has 0 aliphatic heterocycles. The number of imidazole rings is 1. The molecule has 0 spiro atoms. The second-order valence-electron chi connectivity index (χ2n) is 6.55. The van der Waals surface area contributed by atoms with Crippen LogP contribution in [0.5, 0.6) is 0 Å². The SMILES string of the molecule is Cn1ccnc1Sc1ccc(F)cc1NC(=O)c1cccc(-n2[nH]c(=O)ccc2=O)c1. The van der Waals surface area contributed by atoms with E-state index in [1.165, 1.54) is 30.0 Å². The van der Waals surface area contributed by atoms with Gasteiger partial charge in [-0.05, 0) is 48.2 Å². The van der Waals surface area contributed by atoms with Crippen LogP contribution in [0.1, 0.15) is 10.4 Å². The van der Waals surface area contributed by atoms with E-state index in [1.807, 2.05) is 11.6 Å². The molecule has 1 amide bonds. The van der Waals surface area contributed by atoms with Crippen LogP contribution in [-0.2, 0) is 7.05 Å². The predicted molar refractivity (Wildman–Crippen MR) is 114 cm³/mol.